The van der Waals surface area contributed by atoms with E-state index in [2.05, 4.69) is 80.0 Å². The van der Waals surface area contributed by atoms with Crippen LogP contribution >= 0.6 is 27.5 Å². The van der Waals surface area contributed by atoms with Crippen molar-refractivity contribution in [3.8, 4) is 0 Å². The molecule has 106 valence electrons. The monoisotopic (exact) mass is 350 g/mol. The predicted molar refractivity (Wildman–Crippen MR) is 91.7 cm³/mol. The second kappa shape index (κ2) is 5.91. The topological polar surface area (TPSA) is 0 Å². The van der Waals surface area contributed by atoms with Crippen LogP contribution in [0.3, 0.4) is 0 Å². The SMILES string of the molecule is Cc1cc(C(Cl)C(C)(C)c2ccccc2)c(C)cc1Br. The summed E-state index contributed by atoms with van der Waals surface area (Å²) in [6.45, 7) is 8.63. The number of benzene rings is 2. The van der Waals surface area contributed by atoms with Crippen LogP contribution in [-0.4, -0.2) is 0 Å². The molecule has 0 bridgehead atoms. The first-order valence-electron chi connectivity index (χ1n) is 6.80. The van der Waals surface area contributed by atoms with Gasteiger partial charge in [-0.2, -0.15) is 0 Å². The Balaban J connectivity index is 2.45. The Labute approximate surface area is 135 Å². The average molecular weight is 352 g/mol. The Bertz CT molecular complexity index is 602. The van der Waals surface area contributed by atoms with Gasteiger partial charge in [-0.1, -0.05) is 66.2 Å². The fourth-order valence-electron chi connectivity index (χ4n) is 2.48. The standard InChI is InChI=1S/C18H20BrCl/c1-12-11-16(19)13(2)10-15(12)17(20)18(3,4)14-8-6-5-7-9-14/h5-11,17H,1-4H3. The zero-order chi connectivity index (χ0) is 14.9. The number of hydrogen-bond acceptors (Lipinski definition) is 0. The van der Waals surface area contributed by atoms with Crippen LogP contribution in [0.25, 0.3) is 0 Å². The minimum Gasteiger partial charge on any atom is -0.117 e. The van der Waals surface area contributed by atoms with Gasteiger partial charge >= 0.3 is 0 Å². The second-order valence-electron chi connectivity index (χ2n) is 5.91. The summed E-state index contributed by atoms with van der Waals surface area (Å²) in [5.74, 6) is 0. The molecule has 0 N–H and O–H groups in total. The van der Waals surface area contributed by atoms with Gasteiger partial charge < -0.3 is 0 Å². The Morgan fingerprint density at radius 3 is 2.20 bits per heavy atom. The normalized spacial score (nSPS) is 13.3. The quantitative estimate of drug-likeness (QED) is 0.567. The highest BCUT2D eigenvalue weighted by atomic mass is 79.9. The van der Waals surface area contributed by atoms with E-state index in [1.807, 2.05) is 6.07 Å². The van der Waals surface area contributed by atoms with Gasteiger partial charge in [-0.3, -0.25) is 0 Å². The summed E-state index contributed by atoms with van der Waals surface area (Å²) in [6, 6.07) is 14.8. The molecule has 0 aliphatic rings. The molecule has 2 rings (SSSR count). The van der Waals surface area contributed by atoms with Crippen LogP contribution < -0.4 is 0 Å². The number of alkyl halides is 1. The molecule has 0 heterocycles. The van der Waals surface area contributed by atoms with Gasteiger partial charge in [0.2, 0.25) is 0 Å². The van der Waals surface area contributed by atoms with Gasteiger partial charge in [0.15, 0.2) is 0 Å². The molecule has 1 atom stereocenters. The minimum atomic E-state index is -0.117. The molecular weight excluding hydrogens is 332 g/mol. The number of halogens is 2. The molecular formula is C18H20BrCl. The molecule has 1 unspecified atom stereocenters. The van der Waals surface area contributed by atoms with Gasteiger partial charge in [0, 0.05) is 9.89 Å². The van der Waals surface area contributed by atoms with E-state index in [9.17, 15) is 0 Å². The molecule has 0 radical (unpaired) electrons. The molecule has 0 spiro atoms. The molecule has 2 aromatic carbocycles. The van der Waals surface area contributed by atoms with Crippen LogP contribution in [0.1, 0.15) is 41.5 Å². The Kier molecular flexibility index (Phi) is 4.61. The van der Waals surface area contributed by atoms with Crippen molar-refractivity contribution in [2.75, 3.05) is 0 Å². The van der Waals surface area contributed by atoms with Crippen molar-refractivity contribution in [2.24, 2.45) is 0 Å². The molecule has 2 aromatic rings. The van der Waals surface area contributed by atoms with E-state index < -0.39 is 0 Å². The van der Waals surface area contributed by atoms with Crippen LogP contribution in [0.15, 0.2) is 46.9 Å². The summed E-state index contributed by atoms with van der Waals surface area (Å²) in [5.41, 5.74) is 4.81. The van der Waals surface area contributed by atoms with Crippen LogP contribution in [0.5, 0.6) is 0 Å². The summed E-state index contributed by atoms with van der Waals surface area (Å²) >= 11 is 10.4. The summed E-state index contributed by atoms with van der Waals surface area (Å²) in [6.07, 6.45) is 0. The van der Waals surface area contributed by atoms with Gasteiger partial charge in [-0.25, -0.2) is 0 Å². The zero-order valence-corrected chi connectivity index (χ0v) is 14.7. The summed E-state index contributed by atoms with van der Waals surface area (Å²) in [5, 5.41) is -0.0586. The second-order valence-corrected chi connectivity index (χ2v) is 7.20. The molecule has 0 nitrogen and oxygen atoms in total. The van der Waals surface area contributed by atoms with Crippen molar-refractivity contribution in [3.05, 3.63) is 69.2 Å². The van der Waals surface area contributed by atoms with Gasteiger partial charge in [-0.15, -0.1) is 11.6 Å². The minimum absolute atomic E-state index is 0.0586. The summed E-state index contributed by atoms with van der Waals surface area (Å²) in [7, 11) is 0. The Morgan fingerprint density at radius 2 is 1.60 bits per heavy atom. The van der Waals surface area contributed by atoms with Crippen LogP contribution in [0, 0.1) is 13.8 Å². The van der Waals surface area contributed by atoms with Crippen molar-refractivity contribution in [1.82, 2.24) is 0 Å². The predicted octanol–water partition coefficient (Wildman–Crippen LogP) is 6.32. The zero-order valence-electron chi connectivity index (χ0n) is 12.4. The van der Waals surface area contributed by atoms with E-state index in [4.69, 9.17) is 11.6 Å². The smallest absolute Gasteiger partial charge is 0.0679 e. The lowest BCUT2D eigenvalue weighted by Gasteiger charge is -2.32. The van der Waals surface area contributed by atoms with Crippen LogP contribution in [-0.2, 0) is 5.41 Å². The van der Waals surface area contributed by atoms with E-state index in [1.165, 1.54) is 22.3 Å². The first kappa shape index (κ1) is 15.6. The van der Waals surface area contributed by atoms with Crippen molar-refractivity contribution in [1.29, 1.82) is 0 Å². The highest BCUT2D eigenvalue weighted by Crippen LogP contribution is 2.43. The molecule has 20 heavy (non-hydrogen) atoms. The lowest BCUT2D eigenvalue weighted by atomic mass is 9.77. The molecule has 0 fully saturated rings. The third-order valence-corrected chi connectivity index (χ3v) is 5.61. The molecule has 0 aliphatic heterocycles. The maximum atomic E-state index is 6.85. The van der Waals surface area contributed by atoms with E-state index in [1.54, 1.807) is 0 Å². The maximum Gasteiger partial charge on any atom is 0.0679 e. The fourth-order valence-corrected chi connectivity index (χ4v) is 3.30. The maximum absolute atomic E-state index is 6.85. The highest BCUT2D eigenvalue weighted by molar-refractivity contribution is 9.10. The third kappa shape index (κ3) is 2.94. The van der Waals surface area contributed by atoms with Gasteiger partial charge in [0.25, 0.3) is 0 Å². The molecule has 0 saturated heterocycles. The largest absolute Gasteiger partial charge is 0.117 e. The first-order chi connectivity index (χ1) is 9.34. The van der Waals surface area contributed by atoms with Crippen molar-refractivity contribution in [3.63, 3.8) is 0 Å². The highest BCUT2D eigenvalue weighted by Gasteiger charge is 2.32. The molecule has 0 saturated carbocycles. The van der Waals surface area contributed by atoms with Crippen molar-refractivity contribution >= 4 is 27.5 Å². The number of hydrogen-bond donors (Lipinski definition) is 0. The average Bonchev–Trinajstić information content (AvgIpc) is 2.43. The number of rotatable bonds is 3. The van der Waals surface area contributed by atoms with E-state index in [-0.39, 0.29) is 10.8 Å². The van der Waals surface area contributed by atoms with Gasteiger partial charge in [0.1, 0.15) is 0 Å². The first-order valence-corrected chi connectivity index (χ1v) is 8.03. The molecule has 0 aliphatic carbocycles. The summed E-state index contributed by atoms with van der Waals surface area (Å²) < 4.78 is 1.14. The van der Waals surface area contributed by atoms with Gasteiger partial charge in [0.05, 0.1) is 5.38 Å². The van der Waals surface area contributed by atoms with E-state index in [0.29, 0.717) is 0 Å². The Hall–Kier alpha value is -0.790. The lowest BCUT2D eigenvalue weighted by Crippen LogP contribution is -2.24. The molecule has 2 heteroatoms. The van der Waals surface area contributed by atoms with Crippen LogP contribution in [0.4, 0.5) is 0 Å². The van der Waals surface area contributed by atoms with E-state index in [0.717, 1.165) is 4.47 Å². The fraction of sp³-hybridized carbons (Fsp3) is 0.333. The lowest BCUT2D eigenvalue weighted by molar-refractivity contribution is 0.503. The molecule has 0 aromatic heterocycles. The van der Waals surface area contributed by atoms with Crippen LogP contribution in [0.2, 0.25) is 0 Å². The molecule has 0 amide bonds. The van der Waals surface area contributed by atoms with E-state index >= 15 is 0 Å². The third-order valence-electron chi connectivity index (χ3n) is 3.97. The Morgan fingerprint density at radius 1 is 1.00 bits per heavy atom. The van der Waals surface area contributed by atoms with Crippen molar-refractivity contribution < 1.29 is 0 Å². The summed E-state index contributed by atoms with van der Waals surface area (Å²) in [4.78, 5) is 0. The van der Waals surface area contributed by atoms with Crippen molar-refractivity contribution in [2.45, 2.75) is 38.5 Å². The van der Waals surface area contributed by atoms with Gasteiger partial charge in [-0.05, 0) is 42.2 Å². The number of aryl methyl sites for hydroxylation is 2.